The Bertz CT molecular complexity index is 958. The number of nitrogens with one attached hydrogen (secondary N) is 1. The van der Waals surface area contributed by atoms with Crippen LogP contribution in [0, 0.1) is 23.0 Å². The molecule has 0 aliphatic carbocycles. The number of benzene rings is 2. The zero-order valence-corrected chi connectivity index (χ0v) is 16.9. The zero-order valence-electron chi connectivity index (χ0n) is 16.1. The van der Waals surface area contributed by atoms with Gasteiger partial charge in [-0.1, -0.05) is 25.1 Å². The van der Waals surface area contributed by atoms with E-state index in [-0.39, 0.29) is 17.1 Å². The lowest BCUT2D eigenvalue weighted by Crippen LogP contribution is -2.34. The molecular weight excluding hydrogens is 378 g/mol. The summed E-state index contributed by atoms with van der Waals surface area (Å²) in [5.41, 5.74) is 2.20. The van der Waals surface area contributed by atoms with Gasteiger partial charge in [0.05, 0.1) is 9.82 Å². The van der Waals surface area contributed by atoms with Crippen LogP contribution in [0.5, 0.6) is 0 Å². The first kappa shape index (κ1) is 20.3. The van der Waals surface area contributed by atoms with Crippen molar-refractivity contribution in [2.24, 2.45) is 5.92 Å². The molecule has 1 aliphatic heterocycles. The Hall–Kier alpha value is -2.45. The Morgan fingerprint density at radius 3 is 2.57 bits per heavy atom. The second-order valence-corrected chi connectivity index (χ2v) is 9.13. The van der Waals surface area contributed by atoms with E-state index in [1.54, 1.807) is 6.92 Å². The van der Waals surface area contributed by atoms with Crippen LogP contribution in [0.2, 0.25) is 0 Å². The van der Waals surface area contributed by atoms with Crippen LogP contribution in [0.15, 0.2) is 47.4 Å². The van der Waals surface area contributed by atoms with Crippen LogP contribution in [0.4, 0.5) is 11.4 Å². The van der Waals surface area contributed by atoms with Crippen LogP contribution in [0.3, 0.4) is 0 Å². The van der Waals surface area contributed by atoms with Crippen molar-refractivity contribution in [1.82, 2.24) is 4.72 Å². The van der Waals surface area contributed by atoms with Crippen LogP contribution in [-0.4, -0.2) is 26.4 Å². The number of sulfonamides is 1. The molecule has 1 fully saturated rings. The van der Waals surface area contributed by atoms with E-state index in [9.17, 15) is 18.5 Å². The fourth-order valence-corrected chi connectivity index (χ4v) is 4.78. The number of rotatable bonds is 6. The molecule has 8 heteroatoms. The molecule has 0 amide bonds. The molecule has 0 saturated carbocycles. The highest BCUT2D eigenvalue weighted by molar-refractivity contribution is 7.89. The van der Waals surface area contributed by atoms with Crippen molar-refractivity contribution >= 4 is 21.4 Å². The van der Waals surface area contributed by atoms with Gasteiger partial charge >= 0.3 is 0 Å². The number of piperidine rings is 1. The number of nitro benzene ring substituents is 1. The number of nitrogens with zero attached hydrogens (tertiary/aromatic N) is 2. The number of anilines is 1. The van der Waals surface area contributed by atoms with E-state index < -0.39 is 14.9 Å². The standard InChI is InChI=1S/C20H25N3O4S/c1-15-4-3-11-22(14-15)18-9-6-17(7-10-18)13-21-28(26,27)20-12-19(23(24)25)8-5-16(20)2/h5-10,12,15,21H,3-4,11,13-14H2,1-2H3/t15-/m0/s1. The summed E-state index contributed by atoms with van der Waals surface area (Å²) in [5.74, 6) is 0.679. The average Bonchev–Trinajstić information content (AvgIpc) is 2.67. The van der Waals surface area contributed by atoms with Crippen LogP contribution in [0.1, 0.15) is 30.9 Å². The summed E-state index contributed by atoms with van der Waals surface area (Å²) < 4.78 is 27.8. The molecule has 0 aromatic heterocycles. The molecule has 0 bridgehead atoms. The molecule has 0 spiro atoms. The van der Waals surface area contributed by atoms with Crippen molar-refractivity contribution in [3.05, 3.63) is 63.7 Å². The molecule has 1 aliphatic rings. The van der Waals surface area contributed by atoms with Gasteiger partial charge in [0.25, 0.3) is 5.69 Å². The summed E-state index contributed by atoms with van der Waals surface area (Å²) in [6.07, 6.45) is 2.44. The highest BCUT2D eigenvalue weighted by atomic mass is 32.2. The maximum absolute atomic E-state index is 12.6. The summed E-state index contributed by atoms with van der Waals surface area (Å²) in [6.45, 7) is 6.08. The van der Waals surface area contributed by atoms with Crippen LogP contribution >= 0.6 is 0 Å². The summed E-state index contributed by atoms with van der Waals surface area (Å²) in [4.78, 5) is 12.6. The Morgan fingerprint density at radius 2 is 1.93 bits per heavy atom. The van der Waals surface area contributed by atoms with Gasteiger partial charge in [0, 0.05) is 37.5 Å². The van der Waals surface area contributed by atoms with Gasteiger partial charge in [-0.2, -0.15) is 0 Å². The van der Waals surface area contributed by atoms with Crippen molar-refractivity contribution in [2.45, 2.75) is 38.1 Å². The predicted octanol–water partition coefficient (Wildman–Crippen LogP) is 3.62. The number of non-ortho nitro benzene ring substituents is 1. The molecule has 0 radical (unpaired) electrons. The van der Waals surface area contributed by atoms with E-state index in [2.05, 4.69) is 16.5 Å². The number of hydrogen-bond donors (Lipinski definition) is 1. The van der Waals surface area contributed by atoms with Gasteiger partial charge in [0.15, 0.2) is 0 Å². The largest absolute Gasteiger partial charge is 0.371 e. The molecule has 150 valence electrons. The minimum absolute atomic E-state index is 0.0689. The zero-order chi connectivity index (χ0) is 20.3. The van der Waals surface area contributed by atoms with Gasteiger partial charge in [-0.15, -0.1) is 0 Å². The molecule has 28 heavy (non-hydrogen) atoms. The van der Waals surface area contributed by atoms with Crippen molar-refractivity contribution < 1.29 is 13.3 Å². The van der Waals surface area contributed by atoms with Crippen molar-refractivity contribution in [3.63, 3.8) is 0 Å². The summed E-state index contributed by atoms with van der Waals surface area (Å²) in [5, 5.41) is 10.9. The van der Waals surface area contributed by atoms with Crippen LogP contribution in [0.25, 0.3) is 0 Å². The fraction of sp³-hybridized carbons (Fsp3) is 0.400. The van der Waals surface area contributed by atoms with E-state index in [0.29, 0.717) is 11.5 Å². The first-order chi connectivity index (χ1) is 13.3. The van der Waals surface area contributed by atoms with Gasteiger partial charge in [-0.25, -0.2) is 13.1 Å². The third-order valence-electron chi connectivity index (χ3n) is 5.10. The lowest BCUT2D eigenvalue weighted by Gasteiger charge is -2.32. The Kier molecular flexibility index (Phi) is 6.00. The van der Waals surface area contributed by atoms with E-state index in [1.807, 2.05) is 24.3 Å². The third kappa shape index (κ3) is 4.69. The SMILES string of the molecule is Cc1ccc([N+](=O)[O-])cc1S(=O)(=O)NCc1ccc(N2CCC[C@H](C)C2)cc1. The number of nitro groups is 1. The van der Waals surface area contributed by atoms with Gasteiger partial charge in [0.2, 0.25) is 10.0 Å². The molecular formula is C20H25N3O4S. The van der Waals surface area contributed by atoms with E-state index in [0.717, 1.165) is 30.4 Å². The predicted molar refractivity (Wildman–Crippen MR) is 109 cm³/mol. The topological polar surface area (TPSA) is 92.5 Å². The fourth-order valence-electron chi connectivity index (χ4n) is 3.50. The number of hydrogen-bond acceptors (Lipinski definition) is 5. The summed E-state index contributed by atoms with van der Waals surface area (Å²) in [6, 6.07) is 11.7. The molecule has 1 N–H and O–H groups in total. The molecule has 3 rings (SSSR count). The Labute approximate surface area is 165 Å². The molecule has 1 heterocycles. The molecule has 1 saturated heterocycles. The molecule has 0 unspecified atom stereocenters. The lowest BCUT2D eigenvalue weighted by atomic mass is 9.99. The minimum Gasteiger partial charge on any atom is -0.371 e. The van der Waals surface area contributed by atoms with E-state index >= 15 is 0 Å². The average molecular weight is 404 g/mol. The van der Waals surface area contributed by atoms with Crippen molar-refractivity contribution in [2.75, 3.05) is 18.0 Å². The van der Waals surface area contributed by atoms with E-state index in [1.165, 1.54) is 25.0 Å². The molecule has 2 aromatic carbocycles. The Morgan fingerprint density at radius 1 is 1.21 bits per heavy atom. The van der Waals surface area contributed by atoms with E-state index in [4.69, 9.17) is 0 Å². The normalized spacial score (nSPS) is 17.5. The first-order valence-electron chi connectivity index (χ1n) is 9.35. The molecule has 1 atom stereocenters. The number of aryl methyl sites for hydroxylation is 1. The monoisotopic (exact) mass is 403 g/mol. The summed E-state index contributed by atoms with van der Waals surface area (Å²) >= 11 is 0. The third-order valence-corrected chi connectivity index (χ3v) is 6.64. The van der Waals surface area contributed by atoms with Gasteiger partial charge in [0.1, 0.15) is 0 Å². The highest BCUT2D eigenvalue weighted by Crippen LogP contribution is 2.24. The summed E-state index contributed by atoms with van der Waals surface area (Å²) in [7, 11) is -3.85. The minimum atomic E-state index is -3.85. The van der Waals surface area contributed by atoms with Gasteiger partial charge < -0.3 is 4.90 Å². The van der Waals surface area contributed by atoms with Crippen molar-refractivity contribution in [3.8, 4) is 0 Å². The quantitative estimate of drug-likeness (QED) is 0.587. The van der Waals surface area contributed by atoms with Gasteiger partial charge in [-0.3, -0.25) is 10.1 Å². The smallest absolute Gasteiger partial charge is 0.270 e. The second kappa shape index (κ2) is 8.28. The molecule has 2 aromatic rings. The first-order valence-corrected chi connectivity index (χ1v) is 10.8. The molecule has 7 nitrogen and oxygen atoms in total. The maximum atomic E-state index is 12.6. The van der Waals surface area contributed by atoms with Crippen molar-refractivity contribution in [1.29, 1.82) is 0 Å². The second-order valence-electron chi connectivity index (χ2n) is 7.39. The highest BCUT2D eigenvalue weighted by Gasteiger charge is 2.20. The van der Waals surface area contributed by atoms with Gasteiger partial charge in [-0.05, 0) is 48.9 Å². The van der Waals surface area contributed by atoms with Crippen LogP contribution < -0.4 is 9.62 Å². The Balaban J connectivity index is 1.69. The van der Waals surface area contributed by atoms with Crippen LogP contribution in [-0.2, 0) is 16.6 Å². The maximum Gasteiger partial charge on any atom is 0.270 e. The lowest BCUT2D eigenvalue weighted by molar-refractivity contribution is -0.385.